The predicted octanol–water partition coefficient (Wildman–Crippen LogP) is 8.35. The summed E-state index contributed by atoms with van der Waals surface area (Å²) in [6.07, 6.45) is 3.93. The van der Waals surface area contributed by atoms with Crippen molar-refractivity contribution in [3.05, 3.63) is 131 Å². The van der Waals surface area contributed by atoms with Crippen molar-refractivity contribution >= 4 is 34.0 Å². The number of fused-ring (bicyclic) bond motifs is 2. The highest BCUT2D eigenvalue weighted by molar-refractivity contribution is 5.88. The van der Waals surface area contributed by atoms with Crippen LogP contribution < -0.4 is 0 Å². The first kappa shape index (κ1) is 21.8. The van der Waals surface area contributed by atoms with Crippen molar-refractivity contribution in [3.8, 4) is 0 Å². The molecule has 0 saturated heterocycles. The number of rotatable bonds is 6. The molecule has 5 aromatic rings. The van der Waals surface area contributed by atoms with E-state index in [0.29, 0.717) is 0 Å². The summed E-state index contributed by atoms with van der Waals surface area (Å²) in [6.45, 7) is 4.29. The highest BCUT2D eigenvalue weighted by atomic mass is 14.8. The van der Waals surface area contributed by atoms with Crippen LogP contribution >= 0.6 is 0 Å². The maximum absolute atomic E-state index is 4.83. The Balaban J connectivity index is 1.29. The van der Waals surface area contributed by atoms with E-state index < -0.39 is 0 Å². The van der Waals surface area contributed by atoms with Gasteiger partial charge in [-0.05, 0) is 57.6 Å². The first-order valence-electron chi connectivity index (χ1n) is 11.8. The van der Waals surface area contributed by atoms with E-state index in [9.17, 15) is 0 Å². The molecule has 2 atom stereocenters. The minimum absolute atomic E-state index is 0.0916. The number of nitrogens with zero attached hydrogens (tertiary/aromatic N) is 2. The van der Waals surface area contributed by atoms with Crippen LogP contribution in [0.4, 0.5) is 0 Å². The molecule has 0 spiro atoms. The molecular weight excluding hydrogens is 412 g/mol. The second kappa shape index (κ2) is 9.84. The Hall–Kier alpha value is -4.04. The third-order valence-corrected chi connectivity index (χ3v) is 6.38. The fourth-order valence-corrected chi connectivity index (χ4v) is 4.45. The van der Waals surface area contributed by atoms with Gasteiger partial charge in [0.1, 0.15) is 0 Å². The molecule has 0 bridgehead atoms. The van der Waals surface area contributed by atoms with Crippen LogP contribution in [0.2, 0.25) is 0 Å². The average molecular weight is 441 g/mol. The monoisotopic (exact) mass is 440 g/mol. The Bertz CT molecular complexity index is 1350. The van der Waals surface area contributed by atoms with E-state index in [1.165, 1.54) is 32.7 Å². The lowest BCUT2D eigenvalue weighted by Crippen LogP contribution is -1.94. The van der Waals surface area contributed by atoms with Crippen molar-refractivity contribution in [1.29, 1.82) is 0 Å². The molecule has 0 aliphatic heterocycles. The Labute approximate surface area is 201 Å². The van der Waals surface area contributed by atoms with Gasteiger partial charge in [-0.25, -0.2) is 0 Å². The van der Waals surface area contributed by atoms with Crippen LogP contribution in [0.5, 0.6) is 0 Å². The van der Waals surface area contributed by atoms with Crippen LogP contribution in [-0.4, -0.2) is 12.4 Å². The fourth-order valence-electron chi connectivity index (χ4n) is 4.45. The van der Waals surface area contributed by atoms with Crippen molar-refractivity contribution in [3.63, 3.8) is 0 Å². The van der Waals surface area contributed by atoms with Crippen LogP contribution in [0.1, 0.15) is 48.2 Å². The molecule has 166 valence electrons. The van der Waals surface area contributed by atoms with Crippen molar-refractivity contribution in [1.82, 2.24) is 0 Å². The van der Waals surface area contributed by atoms with Gasteiger partial charge in [-0.15, -0.1) is 0 Å². The van der Waals surface area contributed by atoms with E-state index in [-0.39, 0.29) is 12.1 Å². The van der Waals surface area contributed by atoms with Gasteiger partial charge in [0.2, 0.25) is 0 Å². The molecule has 2 nitrogen and oxygen atoms in total. The van der Waals surface area contributed by atoms with Crippen LogP contribution in [-0.2, 0) is 0 Å². The summed E-state index contributed by atoms with van der Waals surface area (Å²) in [5.74, 6) is 0. The highest BCUT2D eigenvalue weighted by Crippen LogP contribution is 2.27. The van der Waals surface area contributed by atoms with Gasteiger partial charge in [-0.2, -0.15) is 0 Å². The lowest BCUT2D eigenvalue weighted by molar-refractivity contribution is 0.833. The van der Waals surface area contributed by atoms with Crippen LogP contribution in [0.15, 0.2) is 119 Å². The second-order valence-electron chi connectivity index (χ2n) is 8.71. The van der Waals surface area contributed by atoms with Gasteiger partial charge in [0.05, 0.1) is 12.1 Å². The van der Waals surface area contributed by atoms with Crippen molar-refractivity contribution < 1.29 is 0 Å². The molecule has 0 aliphatic rings. The topological polar surface area (TPSA) is 24.7 Å². The summed E-state index contributed by atoms with van der Waals surface area (Å²) in [5.41, 5.74) is 4.68. The minimum atomic E-state index is 0.0916. The summed E-state index contributed by atoms with van der Waals surface area (Å²) in [6, 6.07) is 38.4. The van der Waals surface area contributed by atoms with Crippen molar-refractivity contribution in [2.24, 2.45) is 9.98 Å². The summed E-state index contributed by atoms with van der Waals surface area (Å²) in [7, 11) is 0. The quantitative estimate of drug-likeness (QED) is 0.237. The van der Waals surface area contributed by atoms with Crippen molar-refractivity contribution in [2.45, 2.75) is 25.9 Å². The van der Waals surface area contributed by atoms with Crippen molar-refractivity contribution in [2.75, 3.05) is 0 Å². The average Bonchev–Trinajstić information content (AvgIpc) is 2.90. The lowest BCUT2D eigenvalue weighted by atomic mass is 10.00. The predicted molar refractivity (Wildman–Crippen MR) is 146 cm³/mol. The van der Waals surface area contributed by atoms with Gasteiger partial charge in [0.15, 0.2) is 0 Å². The van der Waals surface area contributed by atoms with E-state index in [1.807, 2.05) is 12.4 Å². The fraction of sp³-hybridized carbons (Fsp3) is 0.125. The zero-order valence-corrected chi connectivity index (χ0v) is 19.6. The van der Waals surface area contributed by atoms with Gasteiger partial charge in [-0.3, -0.25) is 9.98 Å². The largest absolute Gasteiger partial charge is 0.285 e. The van der Waals surface area contributed by atoms with E-state index >= 15 is 0 Å². The Morgan fingerprint density at radius 2 is 0.853 bits per heavy atom. The van der Waals surface area contributed by atoms with Gasteiger partial charge in [0, 0.05) is 12.4 Å². The Morgan fingerprint density at radius 3 is 1.29 bits per heavy atom. The SMILES string of the molecule is C[C@H](N=Cc1ccc(C=N[C@@H](C)c2cccc3ccccc23)cc1)c1cccc2ccccc12. The smallest absolute Gasteiger partial charge is 0.0727 e. The third kappa shape index (κ3) is 4.67. The molecular formula is C32H28N2. The Kier molecular flexibility index (Phi) is 6.31. The number of benzene rings is 5. The molecule has 0 radical (unpaired) electrons. The molecule has 5 aromatic carbocycles. The van der Waals surface area contributed by atoms with Gasteiger partial charge < -0.3 is 0 Å². The molecule has 5 rings (SSSR count). The van der Waals surface area contributed by atoms with E-state index in [4.69, 9.17) is 9.98 Å². The third-order valence-electron chi connectivity index (χ3n) is 6.38. The van der Waals surface area contributed by atoms with Gasteiger partial charge in [-0.1, -0.05) is 109 Å². The van der Waals surface area contributed by atoms with Gasteiger partial charge in [0.25, 0.3) is 0 Å². The molecule has 0 unspecified atom stereocenters. The molecule has 0 fully saturated rings. The lowest BCUT2D eigenvalue weighted by Gasteiger charge is -2.11. The second-order valence-corrected chi connectivity index (χ2v) is 8.71. The molecule has 34 heavy (non-hydrogen) atoms. The molecule has 0 amide bonds. The molecule has 0 saturated carbocycles. The standard InChI is InChI=1S/C32H28N2/c1-23(29-15-7-11-27-9-3-5-13-31(27)29)33-21-25-17-19-26(20-18-25)22-34-24(2)30-16-8-12-28-10-4-6-14-32(28)30/h3-24H,1-2H3/t23-,24-/m0/s1. The van der Waals surface area contributed by atoms with Crippen LogP contribution in [0.3, 0.4) is 0 Å². The molecule has 0 aromatic heterocycles. The van der Waals surface area contributed by atoms with Gasteiger partial charge >= 0.3 is 0 Å². The normalized spacial score (nSPS) is 13.7. The zero-order valence-electron chi connectivity index (χ0n) is 19.6. The van der Waals surface area contributed by atoms with Crippen LogP contribution in [0.25, 0.3) is 21.5 Å². The maximum Gasteiger partial charge on any atom is 0.0727 e. The minimum Gasteiger partial charge on any atom is -0.285 e. The number of hydrogen-bond acceptors (Lipinski definition) is 2. The summed E-state index contributed by atoms with van der Waals surface area (Å²) >= 11 is 0. The van der Waals surface area contributed by atoms with E-state index in [0.717, 1.165) is 11.1 Å². The molecule has 0 N–H and O–H groups in total. The van der Waals surface area contributed by atoms with E-state index in [2.05, 4.69) is 123 Å². The summed E-state index contributed by atoms with van der Waals surface area (Å²) in [4.78, 5) is 9.66. The zero-order chi connectivity index (χ0) is 23.3. The molecule has 0 heterocycles. The molecule has 0 aliphatic carbocycles. The number of hydrogen-bond donors (Lipinski definition) is 0. The first-order chi connectivity index (χ1) is 16.7. The molecule has 2 heteroatoms. The summed E-state index contributed by atoms with van der Waals surface area (Å²) in [5, 5.41) is 5.04. The Morgan fingerprint density at radius 1 is 0.471 bits per heavy atom. The summed E-state index contributed by atoms with van der Waals surface area (Å²) < 4.78 is 0. The number of aliphatic imine (C=N–C) groups is 2. The van der Waals surface area contributed by atoms with E-state index in [1.54, 1.807) is 0 Å². The first-order valence-corrected chi connectivity index (χ1v) is 11.8. The highest BCUT2D eigenvalue weighted by Gasteiger charge is 2.08. The van der Waals surface area contributed by atoms with Crippen LogP contribution in [0, 0.1) is 0 Å². The maximum atomic E-state index is 4.83.